The highest BCUT2D eigenvalue weighted by Gasteiger charge is 2.21. The number of hydrogen-bond acceptors (Lipinski definition) is 7. The highest BCUT2D eigenvalue weighted by atomic mass is 35.5. The fourth-order valence-corrected chi connectivity index (χ4v) is 3.60. The zero-order chi connectivity index (χ0) is 22.1. The van der Waals surface area contributed by atoms with Crippen LogP contribution in [0.15, 0.2) is 57.7 Å². The van der Waals surface area contributed by atoms with Crippen LogP contribution in [0.2, 0.25) is 5.02 Å². The van der Waals surface area contributed by atoms with Gasteiger partial charge in [-0.3, -0.25) is 0 Å². The van der Waals surface area contributed by atoms with Gasteiger partial charge in [-0.05, 0) is 30.3 Å². The molecule has 0 atom stereocenters. The Hall–Kier alpha value is -3.71. The molecule has 0 aliphatic rings. The molecule has 31 heavy (non-hydrogen) atoms. The normalized spacial score (nSPS) is 10.8. The van der Waals surface area contributed by atoms with E-state index in [1.165, 1.54) is 33.5 Å². The van der Waals surface area contributed by atoms with Crippen LogP contribution in [0.5, 0.6) is 23.0 Å². The van der Waals surface area contributed by atoms with E-state index in [4.69, 9.17) is 35.0 Å². The standard InChI is InChI=1S/C23H17ClO7/c1-27-18-11-15-19(21(29-3)20(18)28-2)14-9-8-12(10-17(14)31-23(15)26)30-22(25)13-6-4-5-7-16(13)24/h4-11H,1-3H3. The van der Waals surface area contributed by atoms with E-state index >= 15 is 0 Å². The maximum absolute atomic E-state index is 12.7. The van der Waals surface area contributed by atoms with Crippen molar-refractivity contribution in [1.29, 1.82) is 0 Å². The van der Waals surface area contributed by atoms with Gasteiger partial charge in [0.2, 0.25) is 5.75 Å². The summed E-state index contributed by atoms with van der Waals surface area (Å²) in [4.78, 5) is 25.1. The molecule has 0 fully saturated rings. The van der Waals surface area contributed by atoms with Gasteiger partial charge >= 0.3 is 11.6 Å². The monoisotopic (exact) mass is 440 g/mol. The van der Waals surface area contributed by atoms with Crippen LogP contribution in [-0.2, 0) is 0 Å². The van der Waals surface area contributed by atoms with E-state index in [-0.39, 0.29) is 27.3 Å². The Balaban J connectivity index is 1.88. The summed E-state index contributed by atoms with van der Waals surface area (Å²) in [6, 6.07) is 12.8. The molecule has 0 aliphatic carbocycles. The molecule has 0 bridgehead atoms. The fourth-order valence-electron chi connectivity index (χ4n) is 3.39. The SMILES string of the molecule is COc1cc2c(=O)oc3cc(OC(=O)c4ccccc4Cl)ccc3c2c(OC)c1OC. The molecule has 0 radical (unpaired) electrons. The van der Waals surface area contributed by atoms with E-state index in [0.717, 1.165) is 0 Å². The topological polar surface area (TPSA) is 84.2 Å². The third-order valence-corrected chi connectivity index (χ3v) is 5.11. The molecule has 0 amide bonds. The summed E-state index contributed by atoms with van der Waals surface area (Å²) in [5.74, 6) is 0.578. The van der Waals surface area contributed by atoms with Crippen LogP contribution in [0.25, 0.3) is 21.7 Å². The van der Waals surface area contributed by atoms with E-state index < -0.39 is 11.6 Å². The molecule has 0 saturated heterocycles. The minimum absolute atomic E-state index is 0.194. The second-order valence-electron chi connectivity index (χ2n) is 6.48. The molecule has 0 spiro atoms. The number of ether oxygens (including phenoxy) is 4. The van der Waals surface area contributed by atoms with Crippen LogP contribution in [0.1, 0.15) is 10.4 Å². The average Bonchev–Trinajstić information content (AvgIpc) is 2.77. The van der Waals surface area contributed by atoms with E-state index in [9.17, 15) is 9.59 Å². The fraction of sp³-hybridized carbons (Fsp3) is 0.130. The van der Waals surface area contributed by atoms with Crippen molar-refractivity contribution >= 4 is 39.3 Å². The number of rotatable bonds is 5. The van der Waals surface area contributed by atoms with E-state index in [1.807, 2.05) is 0 Å². The summed E-state index contributed by atoms with van der Waals surface area (Å²) in [7, 11) is 4.41. The molecule has 4 rings (SSSR count). The lowest BCUT2D eigenvalue weighted by atomic mass is 10.0. The number of esters is 1. The van der Waals surface area contributed by atoms with Crippen LogP contribution in [0.3, 0.4) is 0 Å². The number of halogens is 1. The Morgan fingerprint density at radius 2 is 1.65 bits per heavy atom. The van der Waals surface area contributed by atoms with Gasteiger partial charge in [-0.15, -0.1) is 0 Å². The number of carbonyl (C=O) groups is 1. The Morgan fingerprint density at radius 3 is 2.32 bits per heavy atom. The van der Waals surface area contributed by atoms with Crippen molar-refractivity contribution in [3.63, 3.8) is 0 Å². The van der Waals surface area contributed by atoms with Gasteiger partial charge in [0.15, 0.2) is 11.5 Å². The minimum Gasteiger partial charge on any atom is -0.493 e. The molecular weight excluding hydrogens is 424 g/mol. The minimum atomic E-state index is -0.628. The predicted molar refractivity (Wildman–Crippen MR) is 116 cm³/mol. The number of methoxy groups -OCH3 is 3. The molecule has 0 aliphatic heterocycles. The summed E-state index contributed by atoms with van der Waals surface area (Å²) in [6.07, 6.45) is 0. The molecule has 158 valence electrons. The van der Waals surface area contributed by atoms with Gasteiger partial charge in [-0.25, -0.2) is 9.59 Å². The van der Waals surface area contributed by atoms with Gasteiger partial charge in [-0.1, -0.05) is 23.7 Å². The smallest absolute Gasteiger partial charge is 0.345 e. The largest absolute Gasteiger partial charge is 0.493 e. The Kier molecular flexibility index (Phi) is 5.44. The molecule has 1 heterocycles. The molecule has 3 aromatic carbocycles. The van der Waals surface area contributed by atoms with E-state index in [0.29, 0.717) is 28.0 Å². The van der Waals surface area contributed by atoms with E-state index in [1.54, 1.807) is 36.4 Å². The van der Waals surface area contributed by atoms with Crippen molar-refractivity contribution in [3.05, 3.63) is 69.5 Å². The van der Waals surface area contributed by atoms with Crippen LogP contribution >= 0.6 is 11.6 Å². The number of carbonyl (C=O) groups excluding carboxylic acids is 1. The number of hydrogen-bond donors (Lipinski definition) is 0. The first-order chi connectivity index (χ1) is 15.0. The molecule has 8 heteroatoms. The second kappa shape index (κ2) is 8.20. The van der Waals surface area contributed by atoms with Crippen molar-refractivity contribution in [1.82, 2.24) is 0 Å². The van der Waals surface area contributed by atoms with Crippen LogP contribution in [-0.4, -0.2) is 27.3 Å². The van der Waals surface area contributed by atoms with Crippen molar-refractivity contribution in [2.24, 2.45) is 0 Å². The molecular formula is C23H17ClO7. The third-order valence-electron chi connectivity index (χ3n) is 4.78. The number of benzene rings is 3. The summed E-state index contributed by atoms with van der Waals surface area (Å²) < 4.78 is 27.2. The Labute approximate surface area is 181 Å². The second-order valence-corrected chi connectivity index (χ2v) is 6.89. The van der Waals surface area contributed by atoms with E-state index in [2.05, 4.69) is 0 Å². The predicted octanol–water partition coefficient (Wildman–Crippen LogP) is 4.84. The summed E-state index contributed by atoms with van der Waals surface area (Å²) in [6.45, 7) is 0. The molecule has 0 unspecified atom stereocenters. The quantitative estimate of drug-likeness (QED) is 0.190. The highest BCUT2D eigenvalue weighted by Crippen LogP contribution is 2.45. The van der Waals surface area contributed by atoms with Gasteiger partial charge < -0.3 is 23.4 Å². The van der Waals surface area contributed by atoms with Gasteiger partial charge in [0, 0.05) is 16.8 Å². The lowest BCUT2D eigenvalue weighted by Crippen LogP contribution is -2.09. The van der Waals surface area contributed by atoms with Crippen LogP contribution in [0, 0.1) is 0 Å². The molecule has 0 N–H and O–H groups in total. The van der Waals surface area contributed by atoms with Crippen LogP contribution < -0.4 is 24.6 Å². The summed E-state index contributed by atoms with van der Waals surface area (Å²) in [5, 5.41) is 1.61. The van der Waals surface area contributed by atoms with Crippen molar-refractivity contribution in [2.45, 2.75) is 0 Å². The highest BCUT2D eigenvalue weighted by molar-refractivity contribution is 6.33. The first-order valence-corrected chi connectivity index (χ1v) is 9.52. The molecule has 1 aromatic heterocycles. The van der Waals surface area contributed by atoms with Gasteiger partial charge in [0.05, 0.1) is 37.3 Å². The Bertz CT molecular complexity index is 1370. The lowest BCUT2D eigenvalue weighted by molar-refractivity contribution is 0.0735. The molecule has 7 nitrogen and oxygen atoms in total. The van der Waals surface area contributed by atoms with Gasteiger partial charge in [0.1, 0.15) is 11.3 Å². The molecule has 0 saturated carbocycles. The van der Waals surface area contributed by atoms with Crippen LogP contribution in [0.4, 0.5) is 0 Å². The molecule has 4 aromatic rings. The first kappa shape index (κ1) is 20.6. The maximum atomic E-state index is 12.7. The zero-order valence-electron chi connectivity index (χ0n) is 16.9. The van der Waals surface area contributed by atoms with Crippen molar-refractivity contribution in [2.75, 3.05) is 21.3 Å². The van der Waals surface area contributed by atoms with Gasteiger partial charge in [0.25, 0.3) is 0 Å². The zero-order valence-corrected chi connectivity index (χ0v) is 17.6. The number of fused-ring (bicyclic) bond motifs is 3. The third kappa shape index (κ3) is 3.53. The lowest BCUT2D eigenvalue weighted by Gasteiger charge is -2.15. The maximum Gasteiger partial charge on any atom is 0.345 e. The average molecular weight is 441 g/mol. The van der Waals surface area contributed by atoms with Crippen molar-refractivity contribution in [3.8, 4) is 23.0 Å². The van der Waals surface area contributed by atoms with Crippen molar-refractivity contribution < 1.29 is 28.2 Å². The summed E-state index contributed by atoms with van der Waals surface area (Å²) in [5.41, 5.74) is -0.161. The summed E-state index contributed by atoms with van der Waals surface area (Å²) >= 11 is 6.06. The first-order valence-electron chi connectivity index (χ1n) is 9.14. The Morgan fingerprint density at radius 1 is 0.903 bits per heavy atom. The van der Waals surface area contributed by atoms with Gasteiger partial charge in [-0.2, -0.15) is 0 Å².